The number of anilines is 1. The first kappa shape index (κ1) is 16.7. The van der Waals surface area contributed by atoms with E-state index in [0.29, 0.717) is 47.8 Å². The van der Waals surface area contributed by atoms with Gasteiger partial charge >= 0.3 is 0 Å². The molecule has 1 aromatic heterocycles. The molecule has 3 N–H and O–H groups in total. The van der Waals surface area contributed by atoms with Gasteiger partial charge in [0.15, 0.2) is 5.89 Å². The standard InChI is InChI=1S/C18H20N4O3/c1-4-23-11-6-7-12(14(8-11)24-5-2)15-13(9-19)17(20)22-18-16(15)21-10(3)25-18/h6-8,15,22H,4-5,20H2,1-3H3. The summed E-state index contributed by atoms with van der Waals surface area (Å²) in [6.45, 7) is 6.62. The van der Waals surface area contributed by atoms with Crippen LogP contribution in [0.1, 0.15) is 36.9 Å². The Labute approximate surface area is 146 Å². The lowest BCUT2D eigenvalue weighted by molar-refractivity contribution is 0.320. The van der Waals surface area contributed by atoms with Gasteiger partial charge in [-0.05, 0) is 19.9 Å². The normalized spacial score (nSPS) is 16.0. The van der Waals surface area contributed by atoms with Crippen molar-refractivity contribution in [2.45, 2.75) is 26.7 Å². The smallest absolute Gasteiger partial charge is 0.223 e. The topological polar surface area (TPSA) is 106 Å². The number of nitrogens with one attached hydrogen (secondary N) is 1. The molecule has 25 heavy (non-hydrogen) atoms. The van der Waals surface area contributed by atoms with Crippen LogP contribution in [0.2, 0.25) is 0 Å². The highest BCUT2D eigenvalue weighted by atomic mass is 16.5. The number of ether oxygens (including phenoxy) is 2. The molecule has 0 saturated heterocycles. The number of nitrogens with two attached hydrogens (primary N) is 1. The maximum Gasteiger partial charge on any atom is 0.223 e. The molecule has 7 heteroatoms. The van der Waals surface area contributed by atoms with Gasteiger partial charge in [-0.2, -0.15) is 5.26 Å². The zero-order valence-electron chi connectivity index (χ0n) is 14.4. The predicted octanol–water partition coefficient (Wildman–Crippen LogP) is 3.03. The van der Waals surface area contributed by atoms with E-state index in [1.807, 2.05) is 32.0 Å². The number of nitriles is 1. The van der Waals surface area contributed by atoms with E-state index >= 15 is 0 Å². The number of hydrogen-bond donors (Lipinski definition) is 2. The molecule has 1 aromatic carbocycles. The highest BCUT2D eigenvalue weighted by molar-refractivity contribution is 5.63. The van der Waals surface area contributed by atoms with Gasteiger partial charge in [-0.1, -0.05) is 6.07 Å². The number of hydrogen-bond acceptors (Lipinski definition) is 7. The summed E-state index contributed by atoms with van der Waals surface area (Å²) < 4.78 is 16.9. The summed E-state index contributed by atoms with van der Waals surface area (Å²) in [5.74, 6) is 2.08. The number of aromatic nitrogens is 1. The van der Waals surface area contributed by atoms with Crippen LogP contribution >= 0.6 is 0 Å². The Kier molecular flexibility index (Phi) is 4.52. The van der Waals surface area contributed by atoms with E-state index in [0.717, 1.165) is 5.56 Å². The monoisotopic (exact) mass is 340 g/mol. The van der Waals surface area contributed by atoms with Crippen molar-refractivity contribution in [3.05, 3.63) is 46.7 Å². The van der Waals surface area contributed by atoms with E-state index < -0.39 is 5.92 Å². The highest BCUT2D eigenvalue weighted by Gasteiger charge is 2.35. The number of nitrogens with zero attached hydrogens (tertiary/aromatic N) is 2. The summed E-state index contributed by atoms with van der Waals surface area (Å²) in [5, 5.41) is 12.5. The molecule has 0 amide bonds. The molecule has 130 valence electrons. The van der Waals surface area contributed by atoms with E-state index in [4.69, 9.17) is 19.6 Å². The van der Waals surface area contributed by atoms with Gasteiger partial charge in [0, 0.05) is 18.6 Å². The minimum Gasteiger partial charge on any atom is -0.494 e. The Hall–Kier alpha value is -3.14. The van der Waals surface area contributed by atoms with Crippen molar-refractivity contribution in [3.8, 4) is 17.6 Å². The first-order valence-corrected chi connectivity index (χ1v) is 8.12. The van der Waals surface area contributed by atoms with Crippen molar-refractivity contribution < 1.29 is 13.9 Å². The Morgan fingerprint density at radius 2 is 2.08 bits per heavy atom. The second-order valence-electron chi connectivity index (χ2n) is 5.51. The van der Waals surface area contributed by atoms with Crippen LogP contribution in [0.3, 0.4) is 0 Å². The molecular weight excluding hydrogens is 320 g/mol. The number of benzene rings is 1. The van der Waals surface area contributed by atoms with Gasteiger partial charge in [-0.3, -0.25) is 0 Å². The fourth-order valence-corrected chi connectivity index (χ4v) is 2.93. The van der Waals surface area contributed by atoms with Gasteiger partial charge < -0.3 is 24.9 Å². The number of fused-ring (bicyclic) bond motifs is 1. The van der Waals surface area contributed by atoms with Crippen LogP contribution in [0.5, 0.6) is 11.5 Å². The van der Waals surface area contributed by atoms with Crippen LogP contribution in [-0.2, 0) is 0 Å². The van der Waals surface area contributed by atoms with Gasteiger partial charge in [-0.25, -0.2) is 4.98 Å². The second-order valence-corrected chi connectivity index (χ2v) is 5.51. The van der Waals surface area contributed by atoms with Crippen molar-refractivity contribution in [1.29, 1.82) is 5.26 Å². The first-order valence-electron chi connectivity index (χ1n) is 8.12. The van der Waals surface area contributed by atoms with Crippen LogP contribution in [0.4, 0.5) is 5.88 Å². The Bertz CT molecular complexity index is 864. The van der Waals surface area contributed by atoms with Crippen molar-refractivity contribution in [3.63, 3.8) is 0 Å². The largest absolute Gasteiger partial charge is 0.494 e. The van der Waals surface area contributed by atoms with Gasteiger partial charge in [0.1, 0.15) is 23.0 Å². The summed E-state index contributed by atoms with van der Waals surface area (Å²) in [6.07, 6.45) is 0. The lowest BCUT2D eigenvalue weighted by Crippen LogP contribution is -2.23. The van der Waals surface area contributed by atoms with Crippen LogP contribution in [0, 0.1) is 18.3 Å². The third-order valence-corrected chi connectivity index (χ3v) is 3.89. The average Bonchev–Trinajstić information content (AvgIpc) is 2.94. The quantitative estimate of drug-likeness (QED) is 0.861. The van der Waals surface area contributed by atoms with E-state index in [9.17, 15) is 5.26 Å². The average molecular weight is 340 g/mol. The number of aryl methyl sites for hydroxylation is 1. The van der Waals surface area contributed by atoms with Crippen molar-refractivity contribution in [1.82, 2.24) is 4.98 Å². The highest BCUT2D eigenvalue weighted by Crippen LogP contribution is 2.44. The minimum atomic E-state index is -0.462. The second kappa shape index (κ2) is 6.77. The van der Waals surface area contributed by atoms with E-state index in [1.165, 1.54) is 0 Å². The number of allylic oxidation sites excluding steroid dienone is 1. The molecule has 3 rings (SSSR count). The fraction of sp³-hybridized carbons (Fsp3) is 0.333. The van der Waals surface area contributed by atoms with Crippen molar-refractivity contribution in [2.75, 3.05) is 18.5 Å². The van der Waals surface area contributed by atoms with Crippen LogP contribution in [-0.4, -0.2) is 18.2 Å². The summed E-state index contributed by atoms with van der Waals surface area (Å²) in [6, 6.07) is 7.73. The molecule has 2 heterocycles. The molecular formula is C18H20N4O3. The molecule has 0 bridgehead atoms. The summed E-state index contributed by atoms with van der Waals surface area (Å²) in [7, 11) is 0. The van der Waals surface area contributed by atoms with Crippen molar-refractivity contribution >= 4 is 5.88 Å². The summed E-state index contributed by atoms with van der Waals surface area (Å²) in [4.78, 5) is 4.44. The maximum atomic E-state index is 9.63. The lowest BCUT2D eigenvalue weighted by atomic mass is 9.86. The van der Waals surface area contributed by atoms with E-state index in [1.54, 1.807) is 6.92 Å². The zero-order valence-corrected chi connectivity index (χ0v) is 14.4. The fourth-order valence-electron chi connectivity index (χ4n) is 2.93. The molecule has 0 aliphatic carbocycles. The third kappa shape index (κ3) is 2.98. The van der Waals surface area contributed by atoms with Gasteiger partial charge in [0.05, 0.1) is 30.8 Å². The molecule has 0 spiro atoms. The Balaban J connectivity index is 2.17. The van der Waals surface area contributed by atoms with Gasteiger partial charge in [0.2, 0.25) is 5.88 Å². The van der Waals surface area contributed by atoms with Crippen LogP contribution in [0.15, 0.2) is 34.0 Å². The molecule has 1 atom stereocenters. The van der Waals surface area contributed by atoms with E-state index in [2.05, 4.69) is 16.4 Å². The van der Waals surface area contributed by atoms with Crippen LogP contribution in [0.25, 0.3) is 0 Å². The molecule has 1 aliphatic rings. The molecule has 1 aliphatic heterocycles. The predicted molar refractivity (Wildman–Crippen MR) is 92.3 cm³/mol. The molecule has 0 fully saturated rings. The maximum absolute atomic E-state index is 9.63. The number of oxazole rings is 1. The molecule has 0 saturated carbocycles. The first-order chi connectivity index (χ1) is 12.1. The third-order valence-electron chi connectivity index (χ3n) is 3.89. The van der Waals surface area contributed by atoms with Crippen LogP contribution < -0.4 is 20.5 Å². The SMILES string of the molecule is CCOc1ccc(C2C(C#N)=C(N)Nc3oc(C)nc32)c(OCC)c1. The van der Waals surface area contributed by atoms with E-state index in [-0.39, 0.29) is 5.82 Å². The Morgan fingerprint density at radius 3 is 2.76 bits per heavy atom. The molecule has 0 radical (unpaired) electrons. The molecule has 1 unspecified atom stereocenters. The summed E-state index contributed by atoms with van der Waals surface area (Å²) in [5.41, 5.74) is 7.83. The van der Waals surface area contributed by atoms with Crippen molar-refractivity contribution in [2.24, 2.45) is 5.73 Å². The minimum absolute atomic E-state index is 0.257. The molecule has 2 aromatic rings. The van der Waals surface area contributed by atoms with Gasteiger partial charge in [-0.15, -0.1) is 0 Å². The zero-order chi connectivity index (χ0) is 18.0. The lowest BCUT2D eigenvalue weighted by Gasteiger charge is -2.24. The molecule has 7 nitrogen and oxygen atoms in total. The van der Waals surface area contributed by atoms with Gasteiger partial charge in [0.25, 0.3) is 0 Å². The number of rotatable bonds is 5. The summed E-state index contributed by atoms with van der Waals surface area (Å²) >= 11 is 0. The Morgan fingerprint density at radius 1 is 1.32 bits per heavy atom.